The van der Waals surface area contributed by atoms with Gasteiger partial charge in [0, 0.05) is 0 Å². The van der Waals surface area contributed by atoms with Gasteiger partial charge in [0.15, 0.2) is 16.3 Å². The number of nitrogens with zero attached hydrogens (tertiary/aromatic N) is 6. The van der Waals surface area contributed by atoms with Crippen molar-refractivity contribution in [2.75, 3.05) is 0 Å². The molecule has 9 nitrogen and oxygen atoms in total. The maximum Gasteiger partial charge on any atom is 0.257 e. The van der Waals surface area contributed by atoms with Crippen molar-refractivity contribution in [1.82, 2.24) is 29.2 Å². The average molecular weight is 418 g/mol. The van der Waals surface area contributed by atoms with E-state index in [-0.39, 0.29) is 12.5 Å². The number of nitrogens with two attached hydrogens (primary N) is 1. The molecule has 0 fully saturated rings. The molecule has 0 aliphatic heterocycles. The van der Waals surface area contributed by atoms with E-state index in [4.69, 9.17) is 5.14 Å². The summed E-state index contributed by atoms with van der Waals surface area (Å²) in [5, 5.41) is 13.5. The molecule has 4 heterocycles. The Balaban J connectivity index is 0.000000207. The summed E-state index contributed by atoms with van der Waals surface area (Å²) in [5.41, 5.74) is 4.68. The standard InChI is InChI=1S/C9H12N4O2S.C9H11N3.CH4/c1-3-7-9(16(10,14)15)13-8(11-7)5-4-6(2)12-13;1-3-8-6-12-9(10-8)5-4-7(2)11-12;/h4-5H,3H2,1-2H3,(H2,10,14,15);4-6H,3H2,1-2H3;1H4. The Morgan fingerprint density at radius 3 is 2.14 bits per heavy atom. The van der Waals surface area contributed by atoms with Crippen LogP contribution < -0.4 is 5.14 Å². The van der Waals surface area contributed by atoms with Crippen molar-refractivity contribution in [3.05, 3.63) is 53.2 Å². The van der Waals surface area contributed by atoms with Gasteiger partial charge in [0.1, 0.15) is 0 Å². The summed E-state index contributed by atoms with van der Waals surface area (Å²) in [6, 6.07) is 7.45. The molecular formula is C19H27N7O2S. The fourth-order valence-corrected chi connectivity index (χ4v) is 3.66. The minimum atomic E-state index is -3.81. The summed E-state index contributed by atoms with van der Waals surface area (Å²) >= 11 is 0. The molecule has 0 radical (unpaired) electrons. The van der Waals surface area contributed by atoms with Crippen molar-refractivity contribution < 1.29 is 8.42 Å². The molecule has 4 aromatic rings. The number of primary sulfonamides is 1. The predicted octanol–water partition coefficient (Wildman–Crippen LogP) is 2.48. The highest BCUT2D eigenvalue weighted by molar-refractivity contribution is 7.89. The van der Waals surface area contributed by atoms with Gasteiger partial charge in [-0.1, -0.05) is 21.3 Å². The van der Waals surface area contributed by atoms with E-state index in [1.165, 1.54) is 4.52 Å². The summed E-state index contributed by atoms with van der Waals surface area (Å²) in [5.74, 6) is 0. The van der Waals surface area contributed by atoms with Gasteiger partial charge in [-0.2, -0.15) is 10.2 Å². The first kappa shape index (κ1) is 22.4. The Bertz CT molecular complexity index is 1240. The van der Waals surface area contributed by atoms with Crippen LogP contribution in [0.25, 0.3) is 11.3 Å². The van der Waals surface area contributed by atoms with Gasteiger partial charge in [-0.15, -0.1) is 0 Å². The van der Waals surface area contributed by atoms with E-state index in [2.05, 4.69) is 27.1 Å². The molecule has 0 unspecified atom stereocenters. The number of rotatable bonds is 3. The molecule has 0 amide bonds. The molecule has 0 saturated carbocycles. The number of fused-ring (bicyclic) bond motifs is 2. The Hall–Kier alpha value is -2.85. The van der Waals surface area contributed by atoms with Crippen LogP contribution >= 0.6 is 0 Å². The van der Waals surface area contributed by atoms with Crippen LogP contribution in [0.2, 0.25) is 0 Å². The zero-order valence-corrected chi connectivity index (χ0v) is 17.1. The van der Waals surface area contributed by atoms with Crippen molar-refractivity contribution in [2.24, 2.45) is 5.14 Å². The molecule has 0 bridgehead atoms. The van der Waals surface area contributed by atoms with Crippen LogP contribution in [0.4, 0.5) is 0 Å². The van der Waals surface area contributed by atoms with Gasteiger partial charge in [-0.3, -0.25) is 0 Å². The maximum absolute atomic E-state index is 11.5. The molecule has 4 rings (SSSR count). The van der Waals surface area contributed by atoms with E-state index in [9.17, 15) is 8.42 Å². The molecule has 156 valence electrons. The molecule has 0 aliphatic rings. The van der Waals surface area contributed by atoms with E-state index in [1.807, 2.05) is 36.7 Å². The Morgan fingerprint density at radius 1 is 0.931 bits per heavy atom. The minimum Gasteiger partial charge on any atom is -0.232 e. The molecule has 2 N–H and O–H groups in total. The van der Waals surface area contributed by atoms with Gasteiger partial charge in [-0.25, -0.2) is 32.6 Å². The molecule has 0 saturated heterocycles. The largest absolute Gasteiger partial charge is 0.257 e. The lowest BCUT2D eigenvalue weighted by atomic mass is 10.4. The van der Waals surface area contributed by atoms with Gasteiger partial charge in [0.25, 0.3) is 10.0 Å². The number of hydrogen-bond acceptors (Lipinski definition) is 6. The quantitative estimate of drug-likeness (QED) is 0.547. The van der Waals surface area contributed by atoms with Crippen LogP contribution in [0.1, 0.15) is 44.0 Å². The Morgan fingerprint density at radius 2 is 1.55 bits per heavy atom. The average Bonchev–Trinajstić information content (AvgIpc) is 3.21. The molecule has 0 aliphatic carbocycles. The molecule has 0 atom stereocenters. The molecular weight excluding hydrogens is 390 g/mol. The van der Waals surface area contributed by atoms with Crippen molar-refractivity contribution in [2.45, 2.75) is 53.0 Å². The summed E-state index contributed by atoms with van der Waals surface area (Å²) < 4.78 is 26.1. The number of aryl methyl sites for hydroxylation is 4. The van der Waals surface area contributed by atoms with E-state index < -0.39 is 10.0 Å². The zero-order chi connectivity index (χ0) is 20.5. The van der Waals surface area contributed by atoms with Gasteiger partial charge in [0.05, 0.1) is 29.0 Å². The van der Waals surface area contributed by atoms with Gasteiger partial charge < -0.3 is 0 Å². The van der Waals surface area contributed by atoms with Crippen molar-refractivity contribution in [3.63, 3.8) is 0 Å². The highest BCUT2D eigenvalue weighted by atomic mass is 32.2. The topological polar surface area (TPSA) is 121 Å². The zero-order valence-electron chi connectivity index (χ0n) is 16.3. The number of aromatic nitrogens is 6. The van der Waals surface area contributed by atoms with Gasteiger partial charge >= 0.3 is 0 Å². The third-order valence-electron chi connectivity index (χ3n) is 4.11. The number of hydrogen-bond donors (Lipinski definition) is 1. The maximum atomic E-state index is 11.5. The third kappa shape index (κ3) is 4.77. The molecule has 4 aromatic heterocycles. The lowest BCUT2D eigenvalue weighted by molar-refractivity contribution is 0.587. The monoisotopic (exact) mass is 417 g/mol. The second kappa shape index (κ2) is 8.66. The third-order valence-corrected chi connectivity index (χ3v) is 5.05. The first-order valence-electron chi connectivity index (χ1n) is 8.93. The van der Waals surface area contributed by atoms with Crippen LogP contribution in [0.15, 0.2) is 35.5 Å². The Kier molecular flexibility index (Phi) is 6.70. The minimum absolute atomic E-state index is 0. The van der Waals surface area contributed by atoms with Crippen molar-refractivity contribution in [1.29, 1.82) is 0 Å². The normalized spacial score (nSPS) is 11.2. The highest BCUT2D eigenvalue weighted by Gasteiger charge is 2.21. The van der Waals surface area contributed by atoms with Crippen molar-refractivity contribution >= 4 is 21.3 Å². The SMILES string of the molecule is C.CCc1cn2nc(C)ccc2n1.CCc1nc2ccc(C)nn2c1S(N)(=O)=O. The van der Waals surface area contributed by atoms with Crippen LogP contribution in [0.3, 0.4) is 0 Å². The fraction of sp³-hybridized carbons (Fsp3) is 0.368. The number of imidazole rings is 2. The summed E-state index contributed by atoms with van der Waals surface area (Å²) in [6.45, 7) is 7.67. The second-order valence-corrected chi connectivity index (χ2v) is 7.85. The first-order valence-corrected chi connectivity index (χ1v) is 10.5. The summed E-state index contributed by atoms with van der Waals surface area (Å²) in [7, 11) is -3.81. The van der Waals surface area contributed by atoms with E-state index in [0.29, 0.717) is 23.5 Å². The van der Waals surface area contributed by atoms with E-state index in [0.717, 1.165) is 23.5 Å². The summed E-state index contributed by atoms with van der Waals surface area (Å²) in [6.07, 6.45) is 3.43. The Labute approximate surface area is 170 Å². The summed E-state index contributed by atoms with van der Waals surface area (Å²) in [4.78, 5) is 8.55. The van der Waals surface area contributed by atoms with Crippen molar-refractivity contribution in [3.8, 4) is 0 Å². The molecule has 10 heteroatoms. The fourth-order valence-electron chi connectivity index (χ4n) is 2.76. The second-order valence-electron chi connectivity index (χ2n) is 6.37. The van der Waals surface area contributed by atoms with Gasteiger partial charge in [0.2, 0.25) is 0 Å². The van der Waals surface area contributed by atoms with E-state index >= 15 is 0 Å². The van der Waals surface area contributed by atoms with Gasteiger partial charge in [-0.05, 0) is 51.0 Å². The highest BCUT2D eigenvalue weighted by Crippen LogP contribution is 2.16. The molecule has 0 spiro atoms. The lowest BCUT2D eigenvalue weighted by Crippen LogP contribution is -2.17. The number of sulfonamides is 1. The van der Waals surface area contributed by atoms with Crippen LogP contribution in [0, 0.1) is 13.8 Å². The van der Waals surface area contributed by atoms with Crippen LogP contribution in [-0.4, -0.2) is 37.6 Å². The molecule has 0 aromatic carbocycles. The first-order chi connectivity index (χ1) is 13.2. The lowest BCUT2D eigenvalue weighted by Gasteiger charge is -2.00. The van der Waals surface area contributed by atoms with Crippen LogP contribution in [-0.2, 0) is 22.9 Å². The predicted molar refractivity (Wildman–Crippen MR) is 112 cm³/mol. The van der Waals surface area contributed by atoms with E-state index in [1.54, 1.807) is 19.1 Å². The smallest absolute Gasteiger partial charge is 0.232 e. The van der Waals surface area contributed by atoms with Crippen LogP contribution in [0.5, 0.6) is 0 Å². The molecule has 29 heavy (non-hydrogen) atoms.